The van der Waals surface area contributed by atoms with E-state index in [2.05, 4.69) is 21.9 Å². The largest absolute Gasteiger partial charge is 0.458 e. The number of aromatic nitrogens is 3. The van der Waals surface area contributed by atoms with E-state index in [0.29, 0.717) is 19.0 Å². The molecule has 3 rings (SSSR count). The van der Waals surface area contributed by atoms with E-state index in [1.54, 1.807) is 29.9 Å². The zero-order valence-corrected chi connectivity index (χ0v) is 14.9. The highest BCUT2D eigenvalue weighted by molar-refractivity contribution is 7.11. The van der Waals surface area contributed by atoms with Crippen LogP contribution in [0.5, 0.6) is 6.01 Å². The number of nitrogens with zero attached hydrogens (tertiary/aromatic N) is 4. The fourth-order valence-electron chi connectivity index (χ4n) is 2.74. The molecule has 0 aromatic carbocycles. The molecule has 2 aromatic rings. The molecule has 0 saturated carbocycles. The van der Waals surface area contributed by atoms with Crippen molar-refractivity contribution in [2.45, 2.75) is 45.6 Å². The van der Waals surface area contributed by atoms with Gasteiger partial charge in [0.15, 0.2) is 0 Å². The first kappa shape index (κ1) is 16.8. The number of aryl methyl sites for hydroxylation is 2. The first-order valence-corrected chi connectivity index (χ1v) is 9.12. The third-order valence-electron chi connectivity index (χ3n) is 4.09. The van der Waals surface area contributed by atoms with Crippen molar-refractivity contribution in [3.63, 3.8) is 0 Å². The van der Waals surface area contributed by atoms with Crippen LogP contribution in [0.25, 0.3) is 0 Å². The first-order valence-electron chi connectivity index (χ1n) is 8.30. The van der Waals surface area contributed by atoms with Crippen molar-refractivity contribution in [1.82, 2.24) is 19.9 Å². The van der Waals surface area contributed by atoms with Crippen molar-refractivity contribution in [3.05, 3.63) is 34.0 Å². The Morgan fingerprint density at radius 3 is 2.79 bits per heavy atom. The number of hydrogen-bond donors (Lipinski definition) is 0. The average molecular weight is 346 g/mol. The van der Waals surface area contributed by atoms with E-state index in [-0.39, 0.29) is 12.0 Å². The lowest BCUT2D eigenvalue weighted by Gasteiger charge is -2.32. The number of carbonyl (C=O) groups excluding carboxylic acids is 1. The van der Waals surface area contributed by atoms with Gasteiger partial charge in [-0.1, -0.05) is 6.92 Å². The summed E-state index contributed by atoms with van der Waals surface area (Å²) in [6.07, 6.45) is 8.51. The van der Waals surface area contributed by atoms with Crippen molar-refractivity contribution in [3.8, 4) is 6.01 Å². The van der Waals surface area contributed by atoms with E-state index in [9.17, 15) is 4.79 Å². The van der Waals surface area contributed by atoms with Gasteiger partial charge in [0.2, 0.25) is 5.91 Å². The zero-order valence-electron chi connectivity index (χ0n) is 14.1. The molecular formula is C17H22N4O2S. The van der Waals surface area contributed by atoms with E-state index in [1.807, 2.05) is 11.8 Å². The molecule has 6 nitrogen and oxygen atoms in total. The molecule has 1 atom stereocenters. The topological polar surface area (TPSA) is 68.2 Å². The van der Waals surface area contributed by atoms with E-state index < -0.39 is 0 Å². The van der Waals surface area contributed by atoms with Gasteiger partial charge in [0.1, 0.15) is 6.10 Å². The van der Waals surface area contributed by atoms with E-state index in [0.717, 1.165) is 41.3 Å². The maximum Gasteiger partial charge on any atom is 0.316 e. The summed E-state index contributed by atoms with van der Waals surface area (Å²) in [6, 6.07) is 0.393. The third kappa shape index (κ3) is 4.29. The maximum absolute atomic E-state index is 12.5. The van der Waals surface area contributed by atoms with Crippen LogP contribution in [0.15, 0.2) is 18.6 Å². The van der Waals surface area contributed by atoms with E-state index >= 15 is 0 Å². The Morgan fingerprint density at radius 2 is 2.12 bits per heavy atom. The number of thiazole rings is 1. The van der Waals surface area contributed by atoms with Crippen LogP contribution < -0.4 is 4.74 Å². The quantitative estimate of drug-likeness (QED) is 0.832. The fraction of sp³-hybridized carbons (Fsp3) is 0.529. The Labute approximate surface area is 145 Å². The number of amides is 1. The highest BCUT2D eigenvalue weighted by atomic mass is 32.1. The van der Waals surface area contributed by atoms with Gasteiger partial charge in [0, 0.05) is 30.0 Å². The highest BCUT2D eigenvalue weighted by Crippen LogP contribution is 2.18. The Morgan fingerprint density at radius 1 is 1.33 bits per heavy atom. The second kappa shape index (κ2) is 7.70. The summed E-state index contributed by atoms with van der Waals surface area (Å²) in [5, 5.41) is 0.991. The van der Waals surface area contributed by atoms with Crippen molar-refractivity contribution in [2.24, 2.45) is 0 Å². The SMILES string of the molecule is CCc1cnc(OC2CCCN(C(=O)Cc3cnc(C)s3)C2)nc1. The van der Waals surface area contributed by atoms with Crippen LogP contribution >= 0.6 is 11.3 Å². The molecular weight excluding hydrogens is 324 g/mol. The fourth-order valence-corrected chi connectivity index (χ4v) is 3.53. The zero-order chi connectivity index (χ0) is 16.9. The van der Waals surface area contributed by atoms with Crippen LogP contribution in [-0.4, -0.2) is 45.0 Å². The van der Waals surface area contributed by atoms with Gasteiger partial charge in [0.25, 0.3) is 0 Å². The van der Waals surface area contributed by atoms with Gasteiger partial charge in [-0.15, -0.1) is 11.3 Å². The lowest BCUT2D eigenvalue weighted by Crippen LogP contribution is -2.45. The molecule has 0 N–H and O–H groups in total. The number of hydrogen-bond acceptors (Lipinski definition) is 6. The summed E-state index contributed by atoms with van der Waals surface area (Å²) < 4.78 is 5.86. The van der Waals surface area contributed by atoms with Gasteiger partial charge >= 0.3 is 6.01 Å². The van der Waals surface area contributed by atoms with Gasteiger partial charge in [0.05, 0.1) is 18.0 Å². The molecule has 128 valence electrons. The number of carbonyl (C=O) groups is 1. The molecule has 1 amide bonds. The molecule has 2 aromatic heterocycles. The Bertz CT molecular complexity index is 686. The maximum atomic E-state index is 12.5. The van der Waals surface area contributed by atoms with Gasteiger partial charge in [-0.2, -0.15) is 0 Å². The van der Waals surface area contributed by atoms with Crippen LogP contribution in [0.4, 0.5) is 0 Å². The lowest BCUT2D eigenvalue weighted by atomic mass is 10.1. The molecule has 0 bridgehead atoms. The van der Waals surface area contributed by atoms with Gasteiger partial charge in [-0.3, -0.25) is 4.79 Å². The molecule has 7 heteroatoms. The smallest absolute Gasteiger partial charge is 0.316 e. The molecule has 1 fully saturated rings. The van der Waals surface area contributed by atoms with Gasteiger partial charge in [-0.05, 0) is 31.7 Å². The van der Waals surface area contributed by atoms with Crippen LogP contribution in [0.1, 0.15) is 35.2 Å². The molecule has 0 spiro atoms. The second-order valence-corrected chi connectivity index (χ2v) is 7.29. The van der Waals surface area contributed by atoms with E-state index in [4.69, 9.17) is 4.74 Å². The molecule has 1 saturated heterocycles. The van der Waals surface area contributed by atoms with Crippen LogP contribution in [0, 0.1) is 6.92 Å². The number of ether oxygens (including phenoxy) is 1. The molecule has 24 heavy (non-hydrogen) atoms. The summed E-state index contributed by atoms with van der Waals surface area (Å²) >= 11 is 1.58. The summed E-state index contributed by atoms with van der Waals surface area (Å²) in [5.74, 6) is 0.134. The monoisotopic (exact) mass is 346 g/mol. The number of likely N-dealkylation sites (tertiary alicyclic amines) is 1. The van der Waals surface area contributed by atoms with E-state index in [1.165, 1.54) is 0 Å². The van der Waals surface area contributed by atoms with Crippen molar-refractivity contribution in [2.75, 3.05) is 13.1 Å². The highest BCUT2D eigenvalue weighted by Gasteiger charge is 2.25. The molecule has 0 aliphatic carbocycles. The minimum atomic E-state index is -0.0432. The number of rotatable bonds is 5. The number of piperidine rings is 1. The summed E-state index contributed by atoms with van der Waals surface area (Å²) in [5.41, 5.74) is 1.09. The summed E-state index contributed by atoms with van der Waals surface area (Å²) in [7, 11) is 0. The molecule has 1 aliphatic heterocycles. The van der Waals surface area contributed by atoms with Crippen molar-refractivity contribution in [1.29, 1.82) is 0 Å². The average Bonchev–Trinajstić information content (AvgIpc) is 3.00. The predicted octanol–water partition coefficient (Wildman–Crippen LogP) is 2.42. The summed E-state index contributed by atoms with van der Waals surface area (Å²) in [4.78, 5) is 28.1. The standard InChI is InChI=1S/C17H22N4O2S/c1-3-13-8-19-17(20-9-13)23-14-5-4-6-21(11-14)16(22)7-15-10-18-12(2)24-15/h8-10,14H,3-7,11H2,1-2H3. The summed E-state index contributed by atoms with van der Waals surface area (Å²) in [6.45, 7) is 5.39. The van der Waals surface area contributed by atoms with Gasteiger partial charge in [-0.25, -0.2) is 15.0 Å². The van der Waals surface area contributed by atoms with Crippen molar-refractivity contribution >= 4 is 17.2 Å². The lowest BCUT2D eigenvalue weighted by molar-refractivity contribution is -0.133. The molecule has 3 heterocycles. The van der Waals surface area contributed by atoms with Gasteiger partial charge < -0.3 is 9.64 Å². The first-order chi connectivity index (χ1) is 11.6. The molecule has 0 radical (unpaired) electrons. The second-order valence-electron chi connectivity index (χ2n) is 5.97. The van der Waals surface area contributed by atoms with Crippen LogP contribution in [-0.2, 0) is 17.6 Å². The minimum absolute atomic E-state index is 0.0432. The predicted molar refractivity (Wildman–Crippen MR) is 92.2 cm³/mol. The molecule has 1 aliphatic rings. The van der Waals surface area contributed by atoms with Crippen LogP contribution in [0.3, 0.4) is 0 Å². The minimum Gasteiger partial charge on any atom is -0.458 e. The third-order valence-corrected chi connectivity index (χ3v) is 5.00. The Balaban J connectivity index is 1.56. The Kier molecular flexibility index (Phi) is 5.40. The van der Waals surface area contributed by atoms with Crippen molar-refractivity contribution < 1.29 is 9.53 Å². The Hall–Kier alpha value is -2.02. The van der Waals surface area contributed by atoms with Crippen LogP contribution in [0.2, 0.25) is 0 Å². The normalized spacial score (nSPS) is 17.8. The molecule has 1 unspecified atom stereocenters.